The van der Waals surface area contributed by atoms with Crippen molar-refractivity contribution in [2.75, 3.05) is 12.8 Å². The van der Waals surface area contributed by atoms with Crippen molar-refractivity contribution in [1.82, 2.24) is 0 Å². The molecule has 70 valence electrons. The van der Waals surface area contributed by atoms with Crippen LogP contribution < -0.4 is 5.73 Å². The Labute approximate surface area is 97.9 Å². The first-order valence-electron chi connectivity index (χ1n) is 3.39. The van der Waals surface area contributed by atoms with E-state index in [1.165, 1.54) is 7.11 Å². The van der Waals surface area contributed by atoms with Gasteiger partial charge in [-0.15, -0.1) is 0 Å². The van der Waals surface area contributed by atoms with Gasteiger partial charge >= 0.3 is 5.97 Å². The van der Waals surface area contributed by atoms with E-state index in [4.69, 9.17) is 5.73 Å². The summed E-state index contributed by atoms with van der Waals surface area (Å²) in [5, 5.41) is 0. The number of carbonyl (C=O) groups excluding carboxylic acids is 1. The van der Waals surface area contributed by atoms with Crippen molar-refractivity contribution in [2.24, 2.45) is 0 Å². The number of halogens is 2. The molecule has 0 unspecified atom stereocenters. The monoisotopic (exact) mass is 355 g/mol. The summed E-state index contributed by atoms with van der Waals surface area (Å²) < 4.78 is 6.37. The van der Waals surface area contributed by atoms with Crippen LogP contribution in [-0.4, -0.2) is 13.1 Å². The van der Waals surface area contributed by atoms with Gasteiger partial charge in [0.1, 0.15) is 0 Å². The van der Waals surface area contributed by atoms with Crippen LogP contribution in [0, 0.1) is 3.57 Å². The Bertz CT molecular complexity index is 354. The number of methoxy groups -OCH3 is 1. The highest BCUT2D eigenvalue weighted by Crippen LogP contribution is 2.25. The van der Waals surface area contributed by atoms with Gasteiger partial charge < -0.3 is 10.5 Å². The van der Waals surface area contributed by atoms with Crippen LogP contribution in [0.15, 0.2) is 16.6 Å². The molecule has 0 aliphatic carbocycles. The van der Waals surface area contributed by atoms with Crippen LogP contribution in [0.4, 0.5) is 5.69 Å². The average Bonchev–Trinajstić information content (AvgIpc) is 2.10. The van der Waals surface area contributed by atoms with E-state index in [0.29, 0.717) is 11.3 Å². The van der Waals surface area contributed by atoms with Gasteiger partial charge in [0.25, 0.3) is 0 Å². The number of esters is 1. The van der Waals surface area contributed by atoms with Gasteiger partial charge in [-0.05, 0) is 50.7 Å². The second-order valence-corrected chi connectivity index (χ2v) is 4.36. The Morgan fingerprint density at radius 3 is 2.77 bits per heavy atom. The fourth-order valence-corrected chi connectivity index (χ4v) is 1.68. The third kappa shape index (κ3) is 2.34. The number of nitrogens with two attached hydrogens (primary N) is 1. The maximum absolute atomic E-state index is 11.2. The van der Waals surface area contributed by atoms with Gasteiger partial charge in [-0.25, -0.2) is 4.79 Å². The van der Waals surface area contributed by atoms with Crippen molar-refractivity contribution >= 4 is 50.2 Å². The number of carbonyl (C=O) groups is 1. The van der Waals surface area contributed by atoms with Crippen LogP contribution in [0.2, 0.25) is 0 Å². The number of hydrogen-bond donors (Lipinski definition) is 1. The lowest BCUT2D eigenvalue weighted by Crippen LogP contribution is -2.06. The largest absolute Gasteiger partial charge is 0.465 e. The van der Waals surface area contributed by atoms with Crippen LogP contribution in [0.1, 0.15) is 10.4 Å². The molecule has 0 aliphatic heterocycles. The molecule has 0 saturated carbocycles. The highest BCUT2D eigenvalue weighted by molar-refractivity contribution is 14.1. The lowest BCUT2D eigenvalue weighted by molar-refractivity contribution is 0.0602. The van der Waals surface area contributed by atoms with Gasteiger partial charge in [0.2, 0.25) is 0 Å². The second kappa shape index (κ2) is 4.28. The minimum Gasteiger partial charge on any atom is -0.465 e. The molecule has 2 N–H and O–H groups in total. The maximum Gasteiger partial charge on any atom is 0.339 e. The quantitative estimate of drug-likeness (QED) is 0.478. The molecule has 1 rings (SSSR count). The Hall–Kier alpha value is -0.300. The first-order valence-corrected chi connectivity index (χ1v) is 5.26. The van der Waals surface area contributed by atoms with Crippen molar-refractivity contribution in [1.29, 1.82) is 0 Å². The summed E-state index contributed by atoms with van der Waals surface area (Å²) in [5.41, 5.74) is 6.45. The zero-order chi connectivity index (χ0) is 10.0. The first kappa shape index (κ1) is 10.8. The van der Waals surface area contributed by atoms with Crippen LogP contribution in [0.25, 0.3) is 0 Å². The van der Waals surface area contributed by atoms with Crippen molar-refractivity contribution < 1.29 is 9.53 Å². The molecule has 1 aromatic rings. The zero-order valence-electron chi connectivity index (χ0n) is 6.80. The highest BCUT2D eigenvalue weighted by Gasteiger charge is 2.11. The number of benzene rings is 1. The Balaban J connectivity index is 3.23. The molecule has 0 bridgehead atoms. The highest BCUT2D eigenvalue weighted by atomic mass is 127. The molecule has 0 atom stereocenters. The molecular weight excluding hydrogens is 349 g/mol. The Morgan fingerprint density at radius 2 is 2.23 bits per heavy atom. The van der Waals surface area contributed by atoms with Crippen molar-refractivity contribution in [2.45, 2.75) is 0 Å². The lowest BCUT2D eigenvalue weighted by atomic mass is 10.2. The minimum absolute atomic E-state index is 0.398. The van der Waals surface area contributed by atoms with E-state index in [1.54, 1.807) is 12.1 Å². The fourth-order valence-electron chi connectivity index (χ4n) is 0.849. The van der Waals surface area contributed by atoms with E-state index in [-0.39, 0.29) is 0 Å². The molecule has 0 spiro atoms. The van der Waals surface area contributed by atoms with Crippen LogP contribution in [0.3, 0.4) is 0 Å². The van der Waals surface area contributed by atoms with Gasteiger partial charge in [0.15, 0.2) is 0 Å². The van der Waals surface area contributed by atoms with E-state index in [9.17, 15) is 4.79 Å². The van der Waals surface area contributed by atoms with Gasteiger partial charge in [-0.2, -0.15) is 0 Å². The number of hydrogen-bond acceptors (Lipinski definition) is 3. The van der Waals surface area contributed by atoms with Gasteiger partial charge in [-0.3, -0.25) is 0 Å². The van der Waals surface area contributed by atoms with Crippen LogP contribution in [0.5, 0.6) is 0 Å². The zero-order valence-corrected chi connectivity index (χ0v) is 10.5. The van der Waals surface area contributed by atoms with E-state index >= 15 is 0 Å². The van der Waals surface area contributed by atoms with E-state index < -0.39 is 5.97 Å². The molecule has 13 heavy (non-hydrogen) atoms. The summed E-state index contributed by atoms with van der Waals surface area (Å²) in [5.74, 6) is -0.414. The van der Waals surface area contributed by atoms with E-state index in [1.807, 2.05) is 0 Å². The number of rotatable bonds is 1. The first-order chi connectivity index (χ1) is 6.06. The molecule has 0 aromatic heterocycles. The number of anilines is 1. The molecule has 3 nitrogen and oxygen atoms in total. The fraction of sp³-hybridized carbons (Fsp3) is 0.125. The van der Waals surface area contributed by atoms with Crippen LogP contribution >= 0.6 is 38.5 Å². The molecule has 0 amide bonds. The second-order valence-electron chi connectivity index (χ2n) is 2.35. The third-order valence-corrected chi connectivity index (χ3v) is 3.79. The minimum atomic E-state index is -0.414. The molecule has 0 fully saturated rings. The Kier molecular flexibility index (Phi) is 3.55. The third-order valence-electron chi connectivity index (χ3n) is 1.50. The number of nitrogen functional groups attached to an aromatic ring is 1. The van der Waals surface area contributed by atoms with Gasteiger partial charge in [-0.1, -0.05) is 0 Å². The Morgan fingerprint density at radius 1 is 1.62 bits per heavy atom. The predicted molar refractivity (Wildman–Crippen MR) is 62.6 cm³/mol. The molecule has 0 aliphatic rings. The lowest BCUT2D eigenvalue weighted by Gasteiger charge is -2.05. The summed E-state index contributed by atoms with van der Waals surface area (Å²) in [4.78, 5) is 11.2. The predicted octanol–water partition coefficient (Wildman–Crippen LogP) is 2.42. The summed E-state index contributed by atoms with van der Waals surface area (Å²) in [6.45, 7) is 0. The van der Waals surface area contributed by atoms with Crippen molar-refractivity contribution in [3.05, 3.63) is 25.7 Å². The topological polar surface area (TPSA) is 52.3 Å². The van der Waals surface area contributed by atoms with Crippen molar-refractivity contribution in [3.63, 3.8) is 0 Å². The summed E-state index contributed by atoms with van der Waals surface area (Å²) in [6.07, 6.45) is 0. The smallest absolute Gasteiger partial charge is 0.339 e. The summed E-state index contributed by atoms with van der Waals surface area (Å²) >= 11 is 5.42. The van der Waals surface area contributed by atoms with Crippen molar-refractivity contribution in [3.8, 4) is 0 Å². The van der Waals surface area contributed by atoms with Gasteiger partial charge in [0, 0.05) is 13.7 Å². The van der Waals surface area contributed by atoms with Crippen LogP contribution in [-0.2, 0) is 4.74 Å². The molecule has 5 heteroatoms. The maximum atomic E-state index is 11.2. The average molecular weight is 356 g/mol. The van der Waals surface area contributed by atoms with Gasteiger partial charge in [0.05, 0.1) is 12.7 Å². The molecule has 0 radical (unpaired) electrons. The summed E-state index contributed by atoms with van der Waals surface area (Å²) in [7, 11) is 1.33. The number of ether oxygens (including phenoxy) is 1. The molecule has 0 heterocycles. The normalized spacial score (nSPS) is 9.77. The molecule has 1 aromatic carbocycles. The summed E-state index contributed by atoms with van der Waals surface area (Å²) in [6, 6.07) is 3.37. The molecule has 0 saturated heterocycles. The SMILES string of the molecule is COC(=O)c1cc(I)c(Br)cc1N. The molecular formula is C8H7BrINO2. The standard InChI is InChI=1S/C8H7BrINO2/c1-13-8(12)4-2-6(10)5(9)3-7(4)11/h2-3H,11H2,1H3. The van der Waals surface area contributed by atoms with E-state index in [2.05, 4.69) is 43.3 Å². The van der Waals surface area contributed by atoms with E-state index in [0.717, 1.165) is 8.04 Å².